The fourth-order valence-corrected chi connectivity index (χ4v) is 4.03. The number of hydrogen-bond acceptors (Lipinski definition) is 5. The monoisotopic (exact) mass is 362 g/mol. The average molecular weight is 362 g/mol. The van der Waals surface area contributed by atoms with Crippen LogP contribution in [0.2, 0.25) is 0 Å². The van der Waals surface area contributed by atoms with E-state index in [0.717, 1.165) is 59.9 Å². The molecule has 2 aliphatic heterocycles. The molecular weight excluding hydrogens is 340 g/mol. The Morgan fingerprint density at radius 1 is 1.30 bits per heavy atom. The Morgan fingerprint density at radius 3 is 3.07 bits per heavy atom. The predicted molar refractivity (Wildman–Crippen MR) is 102 cm³/mol. The molecule has 7 nitrogen and oxygen atoms in total. The third-order valence-corrected chi connectivity index (χ3v) is 5.51. The number of carbonyl (C=O) groups excluding carboxylic acids is 1. The molecule has 1 atom stereocenters. The number of hydrogen-bond donors (Lipinski definition) is 2. The number of imidazole rings is 1. The van der Waals surface area contributed by atoms with Gasteiger partial charge in [-0.15, -0.1) is 0 Å². The third kappa shape index (κ3) is 2.98. The van der Waals surface area contributed by atoms with Crippen molar-refractivity contribution >= 4 is 16.9 Å². The number of nitrogens with one attached hydrogen (secondary N) is 2. The molecule has 0 aliphatic carbocycles. The first-order chi connectivity index (χ1) is 13.2. The van der Waals surface area contributed by atoms with Crippen molar-refractivity contribution < 1.29 is 4.79 Å². The molecule has 1 aromatic carbocycles. The van der Waals surface area contributed by atoms with E-state index >= 15 is 0 Å². The molecule has 27 heavy (non-hydrogen) atoms. The van der Waals surface area contributed by atoms with Gasteiger partial charge in [-0.2, -0.15) is 0 Å². The molecule has 0 spiro atoms. The molecule has 0 bridgehead atoms. The second-order valence-electron chi connectivity index (χ2n) is 7.42. The minimum Gasteiger partial charge on any atom is -0.342 e. The number of carbonyl (C=O) groups is 1. The van der Waals surface area contributed by atoms with E-state index in [4.69, 9.17) is 4.98 Å². The molecule has 4 heterocycles. The number of H-pyrrole nitrogens is 1. The Morgan fingerprint density at radius 2 is 2.22 bits per heavy atom. The van der Waals surface area contributed by atoms with Gasteiger partial charge in [0, 0.05) is 49.3 Å². The third-order valence-electron chi connectivity index (χ3n) is 5.51. The summed E-state index contributed by atoms with van der Waals surface area (Å²) >= 11 is 0. The first kappa shape index (κ1) is 16.4. The summed E-state index contributed by atoms with van der Waals surface area (Å²) in [7, 11) is 0. The molecule has 138 valence electrons. The van der Waals surface area contributed by atoms with Gasteiger partial charge in [-0.1, -0.05) is 0 Å². The Labute approximate surface area is 157 Å². The van der Waals surface area contributed by atoms with E-state index in [0.29, 0.717) is 24.6 Å². The van der Waals surface area contributed by atoms with Crippen LogP contribution in [-0.4, -0.2) is 50.4 Å². The van der Waals surface area contributed by atoms with E-state index in [1.165, 1.54) is 0 Å². The maximum atomic E-state index is 13.0. The van der Waals surface area contributed by atoms with Gasteiger partial charge in [-0.3, -0.25) is 4.79 Å². The van der Waals surface area contributed by atoms with Crippen LogP contribution < -0.4 is 5.32 Å². The average Bonchev–Trinajstić information content (AvgIpc) is 3.34. The molecule has 7 heteroatoms. The van der Waals surface area contributed by atoms with Gasteiger partial charge >= 0.3 is 0 Å². The van der Waals surface area contributed by atoms with Gasteiger partial charge in [0.2, 0.25) is 0 Å². The molecule has 2 N–H and O–H groups in total. The highest BCUT2D eigenvalue weighted by Crippen LogP contribution is 2.24. The minimum atomic E-state index is 0.0406. The number of benzene rings is 1. The minimum absolute atomic E-state index is 0.0406. The Bertz CT molecular complexity index is 1020. The lowest BCUT2D eigenvalue weighted by Crippen LogP contribution is -2.36. The predicted octanol–water partition coefficient (Wildman–Crippen LogP) is 1.94. The second-order valence-corrected chi connectivity index (χ2v) is 7.42. The second kappa shape index (κ2) is 6.42. The van der Waals surface area contributed by atoms with Crippen LogP contribution in [0.5, 0.6) is 0 Å². The highest BCUT2D eigenvalue weighted by Gasteiger charge is 2.26. The van der Waals surface area contributed by atoms with Gasteiger partial charge in [0.25, 0.3) is 5.91 Å². The molecule has 0 saturated carbocycles. The molecular formula is C20H22N6O. The maximum absolute atomic E-state index is 13.0. The first-order valence-electron chi connectivity index (χ1n) is 9.48. The summed E-state index contributed by atoms with van der Waals surface area (Å²) < 4.78 is 0. The molecule has 5 rings (SSSR count). The summed E-state index contributed by atoms with van der Waals surface area (Å²) in [5.74, 6) is 2.25. The normalized spacial score (nSPS) is 19.4. The van der Waals surface area contributed by atoms with Crippen LogP contribution >= 0.6 is 0 Å². The Balaban J connectivity index is 1.36. The van der Waals surface area contributed by atoms with E-state index < -0.39 is 0 Å². The molecule has 1 amide bonds. The van der Waals surface area contributed by atoms with Crippen LogP contribution in [0.25, 0.3) is 11.0 Å². The van der Waals surface area contributed by atoms with Crippen molar-refractivity contribution in [2.75, 3.05) is 19.6 Å². The maximum Gasteiger partial charge on any atom is 0.254 e. The van der Waals surface area contributed by atoms with Crippen molar-refractivity contribution in [2.45, 2.75) is 32.2 Å². The Kier molecular flexibility index (Phi) is 3.89. The number of aromatic amines is 1. The van der Waals surface area contributed by atoms with E-state index in [-0.39, 0.29) is 5.91 Å². The molecule has 3 aromatic rings. The number of aryl methyl sites for hydroxylation is 1. The number of amides is 1. The van der Waals surface area contributed by atoms with Gasteiger partial charge in [0.1, 0.15) is 11.6 Å². The molecule has 2 aliphatic rings. The highest BCUT2D eigenvalue weighted by molar-refractivity contribution is 5.97. The zero-order valence-corrected chi connectivity index (χ0v) is 15.3. The lowest BCUT2D eigenvalue weighted by atomic mass is 10.0. The van der Waals surface area contributed by atoms with Crippen LogP contribution in [-0.2, 0) is 13.0 Å². The van der Waals surface area contributed by atoms with Crippen LogP contribution in [0.1, 0.15) is 45.6 Å². The van der Waals surface area contributed by atoms with Crippen LogP contribution in [0.3, 0.4) is 0 Å². The van der Waals surface area contributed by atoms with Gasteiger partial charge < -0.3 is 15.2 Å². The van der Waals surface area contributed by atoms with Gasteiger partial charge in [0.05, 0.1) is 16.7 Å². The van der Waals surface area contributed by atoms with Gasteiger partial charge in [0.15, 0.2) is 0 Å². The van der Waals surface area contributed by atoms with Crippen molar-refractivity contribution in [2.24, 2.45) is 0 Å². The van der Waals surface area contributed by atoms with Crippen molar-refractivity contribution in [3.63, 3.8) is 0 Å². The topological polar surface area (TPSA) is 86.8 Å². The molecule has 0 radical (unpaired) electrons. The van der Waals surface area contributed by atoms with E-state index in [1.807, 2.05) is 36.2 Å². The fraction of sp³-hybridized carbons (Fsp3) is 0.400. The molecule has 2 aromatic heterocycles. The number of nitrogens with zero attached hydrogens (tertiary/aromatic N) is 4. The summed E-state index contributed by atoms with van der Waals surface area (Å²) in [6, 6.07) is 5.64. The molecule has 1 unspecified atom stereocenters. The van der Waals surface area contributed by atoms with E-state index in [9.17, 15) is 4.79 Å². The summed E-state index contributed by atoms with van der Waals surface area (Å²) in [6.45, 7) is 5.16. The lowest BCUT2D eigenvalue weighted by Gasteiger charge is -2.28. The van der Waals surface area contributed by atoms with Crippen LogP contribution in [0.4, 0.5) is 0 Å². The van der Waals surface area contributed by atoms with Crippen LogP contribution in [0.15, 0.2) is 24.4 Å². The van der Waals surface area contributed by atoms with Gasteiger partial charge in [-0.05, 0) is 38.1 Å². The smallest absolute Gasteiger partial charge is 0.254 e. The zero-order valence-electron chi connectivity index (χ0n) is 15.3. The van der Waals surface area contributed by atoms with Gasteiger partial charge in [-0.25, -0.2) is 15.0 Å². The van der Waals surface area contributed by atoms with E-state index in [1.54, 1.807) is 0 Å². The number of fused-ring (bicyclic) bond motifs is 2. The van der Waals surface area contributed by atoms with Crippen molar-refractivity contribution in [3.05, 3.63) is 52.9 Å². The summed E-state index contributed by atoms with van der Waals surface area (Å²) in [5, 5.41) is 3.37. The largest absolute Gasteiger partial charge is 0.342 e. The molecule has 1 saturated heterocycles. The standard InChI is InChI=1S/C20H22N6O/c1-12-23-17-3-2-13(8-18(17)24-12)20(27)26-7-5-16-15(11-26)10-22-19(25-16)14-4-6-21-9-14/h2-3,8,10,14,21H,4-7,9,11H2,1H3,(H,23,24). The lowest BCUT2D eigenvalue weighted by molar-refractivity contribution is 0.0733. The van der Waals surface area contributed by atoms with Crippen molar-refractivity contribution in [1.82, 2.24) is 30.2 Å². The summed E-state index contributed by atoms with van der Waals surface area (Å²) in [6.07, 6.45) is 3.79. The quantitative estimate of drug-likeness (QED) is 0.727. The van der Waals surface area contributed by atoms with E-state index in [2.05, 4.69) is 20.3 Å². The van der Waals surface area contributed by atoms with Crippen LogP contribution in [0, 0.1) is 6.92 Å². The SMILES string of the molecule is Cc1nc2ccc(C(=O)N3CCc4nc(C5CCNC5)ncc4C3)cc2[nH]1. The first-order valence-corrected chi connectivity index (χ1v) is 9.48. The number of aromatic nitrogens is 4. The molecule has 1 fully saturated rings. The highest BCUT2D eigenvalue weighted by atomic mass is 16.2. The summed E-state index contributed by atoms with van der Waals surface area (Å²) in [4.78, 5) is 31.8. The Hall–Kier alpha value is -2.80. The van der Waals surface area contributed by atoms with Crippen molar-refractivity contribution in [1.29, 1.82) is 0 Å². The van der Waals surface area contributed by atoms with Crippen molar-refractivity contribution in [3.8, 4) is 0 Å². The fourth-order valence-electron chi connectivity index (χ4n) is 4.03. The zero-order chi connectivity index (χ0) is 18.4. The summed E-state index contributed by atoms with van der Waals surface area (Å²) in [5.41, 5.74) is 4.62. The number of rotatable bonds is 2.